The Balaban J connectivity index is 1.73. The van der Waals surface area contributed by atoms with E-state index in [1.165, 1.54) is 17.9 Å². The molecule has 0 aromatic heterocycles. The molecule has 68 valence electrons. The highest BCUT2D eigenvalue weighted by atomic mass is 16.6. The van der Waals surface area contributed by atoms with Crippen LogP contribution in [0, 0.1) is 0 Å². The molecule has 0 bridgehead atoms. The third-order valence-electron chi connectivity index (χ3n) is 2.43. The summed E-state index contributed by atoms with van der Waals surface area (Å²) in [5, 5.41) is 1.53. The van der Waals surface area contributed by atoms with E-state index in [-0.39, 0.29) is 12.2 Å². The summed E-state index contributed by atoms with van der Waals surface area (Å²) < 4.78 is 5.24. The predicted octanol–water partition coefficient (Wildman–Crippen LogP) is 0.886. The molecule has 2 aliphatic rings. The van der Waals surface area contributed by atoms with E-state index in [0.29, 0.717) is 0 Å². The lowest BCUT2D eigenvalue weighted by atomic mass is 10.3. The molecule has 0 unspecified atom stereocenters. The van der Waals surface area contributed by atoms with Gasteiger partial charge in [0.25, 0.3) is 0 Å². The second-order valence-corrected chi connectivity index (χ2v) is 3.35. The molecule has 1 saturated carbocycles. The zero-order valence-corrected chi connectivity index (χ0v) is 7.08. The first-order chi connectivity index (χ1) is 5.86. The van der Waals surface area contributed by atoms with Gasteiger partial charge >= 0.3 is 6.09 Å². The molecule has 1 heterocycles. The van der Waals surface area contributed by atoms with Crippen LogP contribution in [0.1, 0.15) is 25.7 Å². The van der Waals surface area contributed by atoms with E-state index in [1.54, 1.807) is 0 Å². The number of amides is 1. The van der Waals surface area contributed by atoms with E-state index in [0.717, 1.165) is 25.9 Å². The molecule has 1 amide bonds. The molecule has 4 nitrogen and oxygen atoms in total. The first-order valence-corrected chi connectivity index (χ1v) is 4.58. The van der Waals surface area contributed by atoms with Gasteiger partial charge in [-0.2, -0.15) is 0 Å². The summed E-state index contributed by atoms with van der Waals surface area (Å²) in [6.07, 6.45) is 4.46. The molecule has 0 aromatic carbocycles. The molecule has 0 aromatic rings. The van der Waals surface area contributed by atoms with Gasteiger partial charge in [-0.1, -0.05) is 0 Å². The van der Waals surface area contributed by atoms with Crippen LogP contribution in [0.5, 0.6) is 0 Å². The maximum atomic E-state index is 11.2. The number of nitrogens with one attached hydrogen (secondary N) is 1. The SMILES string of the molecule is O=C(OC1CCCC1)N1CCN1. The largest absolute Gasteiger partial charge is 0.445 e. The lowest BCUT2D eigenvalue weighted by molar-refractivity contribution is 0.0260. The molecule has 4 heteroatoms. The Morgan fingerprint density at radius 2 is 2.08 bits per heavy atom. The van der Waals surface area contributed by atoms with E-state index in [4.69, 9.17) is 4.74 Å². The first kappa shape index (κ1) is 7.86. The number of carbonyl (C=O) groups excluding carboxylic acids is 1. The van der Waals surface area contributed by atoms with Gasteiger partial charge in [-0.25, -0.2) is 15.2 Å². The van der Waals surface area contributed by atoms with Gasteiger partial charge in [-0.05, 0) is 25.7 Å². The average molecular weight is 170 g/mol. The van der Waals surface area contributed by atoms with Gasteiger partial charge in [0, 0.05) is 6.54 Å². The summed E-state index contributed by atoms with van der Waals surface area (Å²) in [4.78, 5) is 11.2. The number of hydrogen-bond acceptors (Lipinski definition) is 3. The molecule has 0 radical (unpaired) electrons. The minimum absolute atomic E-state index is 0.180. The zero-order valence-electron chi connectivity index (χ0n) is 7.08. The van der Waals surface area contributed by atoms with Gasteiger partial charge in [0.15, 0.2) is 0 Å². The van der Waals surface area contributed by atoms with E-state index in [2.05, 4.69) is 5.43 Å². The Bertz CT molecular complexity index is 174. The predicted molar refractivity (Wildman–Crippen MR) is 43.4 cm³/mol. The summed E-state index contributed by atoms with van der Waals surface area (Å²) in [5.41, 5.74) is 2.88. The van der Waals surface area contributed by atoms with Crippen LogP contribution in [0.25, 0.3) is 0 Å². The smallest absolute Gasteiger partial charge is 0.424 e. The standard InChI is InChI=1S/C8H14N2O2/c11-8(10-6-5-9-10)12-7-3-1-2-4-7/h7,9H,1-6H2. The van der Waals surface area contributed by atoms with Crippen LogP contribution in [0.4, 0.5) is 4.79 Å². The summed E-state index contributed by atoms with van der Waals surface area (Å²) in [7, 11) is 0. The highest BCUT2D eigenvalue weighted by Gasteiger charge is 2.25. The quantitative estimate of drug-likeness (QED) is 0.635. The molecular formula is C8H14N2O2. The first-order valence-electron chi connectivity index (χ1n) is 4.58. The normalized spacial score (nSPS) is 23.8. The lowest BCUT2D eigenvalue weighted by Crippen LogP contribution is -2.57. The van der Waals surface area contributed by atoms with Gasteiger partial charge < -0.3 is 4.74 Å². The van der Waals surface area contributed by atoms with Crippen molar-refractivity contribution in [2.45, 2.75) is 31.8 Å². The molecule has 1 saturated heterocycles. The fraction of sp³-hybridized carbons (Fsp3) is 0.875. The maximum absolute atomic E-state index is 11.2. The third kappa shape index (κ3) is 1.53. The van der Waals surface area contributed by atoms with Crippen molar-refractivity contribution in [2.24, 2.45) is 0 Å². The van der Waals surface area contributed by atoms with E-state index in [9.17, 15) is 4.79 Å². The molecule has 0 atom stereocenters. The Morgan fingerprint density at radius 1 is 1.42 bits per heavy atom. The highest BCUT2D eigenvalue weighted by Crippen LogP contribution is 2.21. The van der Waals surface area contributed by atoms with Gasteiger partial charge in [0.1, 0.15) is 6.10 Å². The van der Waals surface area contributed by atoms with Crippen molar-refractivity contribution in [1.29, 1.82) is 0 Å². The molecule has 0 spiro atoms. The van der Waals surface area contributed by atoms with Crippen LogP contribution in [-0.2, 0) is 4.74 Å². The van der Waals surface area contributed by atoms with Crippen LogP contribution in [0.3, 0.4) is 0 Å². The van der Waals surface area contributed by atoms with Crippen molar-refractivity contribution in [3.63, 3.8) is 0 Å². The Morgan fingerprint density at radius 3 is 2.58 bits per heavy atom. The van der Waals surface area contributed by atoms with Crippen LogP contribution >= 0.6 is 0 Å². The zero-order chi connectivity index (χ0) is 8.39. The van der Waals surface area contributed by atoms with Gasteiger partial charge in [0.2, 0.25) is 0 Å². The van der Waals surface area contributed by atoms with E-state index < -0.39 is 0 Å². The molecule has 1 aliphatic heterocycles. The van der Waals surface area contributed by atoms with Crippen molar-refractivity contribution >= 4 is 6.09 Å². The Kier molecular flexibility index (Phi) is 2.17. The van der Waals surface area contributed by atoms with Crippen LogP contribution < -0.4 is 5.43 Å². The number of carbonyl (C=O) groups is 1. The molecule has 1 N–H and O–H groups in total. The summed E-state index contributed by atoms with van der Waals surface area (Å²) in [6.45, 7) is 1.67. The fourth-order valence-electron chi connectivity index (χ4n) is 1.59. The summed E-state index contributed by atoms with van der Waals surface area (Å²) in [6, 6.07) is 0. The number of rotatable bonds is 1. The Hall–Kier alpha value is -0.770. The molecule has 2 fully saturated rings. The third-order valence-corrected chi connectivity index (χ3v) is 2.43. The van der Waals surface area contributed by atoms with Crippen molar-refractivity contribution in [3.05, 3.63) is 0 Å². The number of hydrogen-bond donors (Lipinski definition) is 1. The number of ether oxygens (including phenoxy) is 1. The highest BCUT2D eigenvalue weighted by molar-refractivity contribution is 5.67. The van der Waals surface area contributed by atoms with Crippen molar-refractivity contribution in [3.8, 4) is 0 Å². The van der Waals surface area contributed by atoms with E-state index in [1.807, 2.05) is 0 Å². The number of hydrazine groups is 1. The topological polar surface area (TPSA) is 41.6 Å². The van der Waals surface area contributed by atoms with Gasteiger partial charge in [-0.15, -0.1) is 0 Å². The summed E-state index contributed by atoms with van der Waals surface area (Å²) >= 11 is 0. The summed E-state index contributed by atoms with van der Waals surface area (Å²) in [5.74, 6) is 0. The second kappa shape index (κ2) is 3.31. The van der Waals surface area contributed by atoms with Crippen LogP contribution in [-0.4, -0.2) is 30.3 Å². The molecule has 2 rings (SSSR count). The lowest BCUT2D eigenvalue weighted by Gasteiger charge is -2.31. The van der Waals surface area contributed by atoms with Crippen molar-refractivity contribution in [2.75, 3.05) is 13.1 Å². The molecule has 1 aliphatic carbocycles. The second-order valence-electron chi connectivity index (χ2n) is 3.35. The monoisotopic (exact) mass is 170 g/mol. The minimum atomic E-state index is -0.201. The maximum Gasteiger partial charge on any atom is 0.424 e. The molecule has 12 heavy (non-hydrogen) atoms. The molecular weight excluding hydrogens is 156 g/mol. The van der Waals surface area contributed by atoms with Gasteiger partial charge in [-0.3, -0.25) is 0 Å². The Labute approximate surface area is 71.8 Å². The van der Waals surface area contributed by atoms with Crippen molar-refractivity contribution < 1.29 is 9.53 Å². The average Bonchev–Trinajstić information content (AvgIpc) is 2.34. The van der Waals surface area contributed by atoms with Crippen molar-refractivity contribution in [1.82, 2.24) is 10.4 Å². The van der Waals surface area contributed by atoms with Crippen LogP contribution in [0.2, 0.25) is 0 Å². The van der Waals surface area contributed by atoms with Gasteiger partial charge in [0.05, 0.1) is 6.54 Å². The van der Waals surface area contributed by atoms with E-state index >= 15 is 0 Å². The number of nitrogens with zero attached hydrogens (tertiary/aromatic N) is 1. The van der Waals surface area contributed by atoms with Crippen LogP contribution in [0.15, 0.2) is 0 Å². The fourth-order valence-corrected chi connectivity index (χ4v) is 1.59. The minimum Gasteiger partial charge on any atom is -0.445 e.